The fourth-order valence-corrected chi connectivity index (χ4v) is 1.85. The Bertz CT molecular complexity index is 600. The molecule has 0 bridgehead atoms. The molecule has 1 aromatic heterocycles. The van der Waals surface area contributed by atoms with Gasteiger partial charge in [-0.2, -0.15) is 0 Å². The molecule has 4 nitrogen and oxygen atoms in total. The molecule has 0 aliphatic heterocycles. The molecule has 1 amide bonds. The lowest BCUT2D eigenvalue weighted by atomic mass is 10.1. The summed E-state index contributed by atoms with van der Waals surface area (Å²) in [4.78, 5) is 16.0. The minimum absolute atomic E-state index is 0. The molecule has 0 saturated carbocycles. The van der Waals surface area contributed by atoms with Crippen LogP contribution in [0.5, 0.6) is 5.75 Å². The van der Waals surface area contributed by atoms with Gasteiger partial charge in [-0.1, -0.05) is 0 Å². The van der Waals surface area contributed by atoms with Crippen LogP contribution in [-0.4, -0.2) is 18.0 Å². The van der Waals surface area contributed by atoms with E-state index in [-0.39, 0.29) is 18.3 Å². The Kier molecular flexibility index (Phi) is 5.53. The third-order valence-electron chi connectivity index (χ3n) is 3.15. The Hall–Kier alpha value is -2.07. The summed E-state index contributed by atoms with van der Waals surface area (Å²) in [7, 11) is 1.64. The van der Waals surface area contributed by atoms with E-state index in [1.165, 1.54) is 0 Å². The number of carbonyl (C=O) groups is 1. The van der Waals surface area contributed by atoms with Crippen LogP contribution in [-0.2, 0) is 0 Å². The second-order valence-electron chi connectivity index (χ2n) is 4.26. The summed E-state index contributed by atoms with van der Waals surface area (Å²) in [5, 5.41) is 2.90. The predicted octanol–water partition coefficient (Wildman–Crippen LogP) is 3.38. The topological polar surface area (TPSA) is 51.2 Å². The van der Waals surface area contributed by atoms with Crippen LogP contribution >= 0.6 is 12.4 Å². The standard InChI is InChI=1S/C15H16N2O2.ClH/c1-10-11(2)14(19-3)5-4-13(10)17-15(18)12-6-8-16-9-7-12;/h4-9H,1-3H3,(H,17,18);1H. The van der Waals surface area contributed by atoms with Crippen molar-refractivity contribution in [3.8, 4) is 5.75 Å². The van der Waals surface area contributed by atoms with E-state index in [2.05, 4.69) is 10.3 Å². The number of methoxy groups -OCH3 is 1. The lowest BCUT2D eigenvalue weighted by Gasteiger charge is -2.13. The maximum atomic E-state index is 12.1. The van der Waals surface area contributed by atoms with E-state index in [0.29, 0.717) is 5.56 Å². The van der Waals surface area contributed by atoms with Crippen LogP contribution in [0.1, 0.15) is 21.5 Å². The maximum Gasteiger partial charge on any atom is 0.255 e. The van der Waals surface area contributed by atoms with Crippen molar-refractivity contribution in [2.75, 3.05) is 12.4 Å². The molecule has 0 radical (unpaired) electrons. The zero-order valence-corrected chi connectivity index (χ0v) is 12.5. The molecule has 0 aliphatic carbocycles. The predicted molar refractivity (Wildman–Crippen MR) is 81.9 cm³/mol. The largest absolute Gasteiger partial charge is 0.496 e. The number of carbonyl (C=O) groups excluding carboxylic acids is 1. The van der Waals surface area contributed by atoms with Crippen LogP contribution in [0.3, 0.4) is 0 Å². The number of nitrogens with zero attached hydrogens (tertiary/aromatic N) is 1. The van der Waals surface area contributed by atoms with Crippen molar-refractivity contribution in [1.82, 2.24) is 4.98 Å². The van der Waals surface area contributed by atoms with Gasteiger partial charge in [-0.25, -0.2) is 0 Å². The quantitative estimate of drug-likeness (QED) is 0.943. The maximum absolute atomic E-state index is 12.1. The summed E-state index contributed by atoms with van der Waals surface area (Å²) in [6.07, 6.45) is 3.20. The van der Waals surface area contributed by atoms with Crippen LogP contribution in [0, 0.1) is 13.8 Å². The number of benzene rings is 1. The molecule has 0 unspecified atom stereocenters. The molecule has 1 aromatic carbocycles. The first kappa shape index (κ1) is 16.0. The highest BCUT2D eigenvalue weighted by Crippen LogP contribution is 2.27. The molecule has 2 rings (SSSR count). The summed E-state index contributed by atoms with van der Waals surface area (Å²) in [5.74, 6) is 0.675. The number of halogens is 1. The lowest BCUT2D eigenvalue weighted by molar-refractivity contribution is 0.102. The smallest absolute Gasteiger partial charge is 0.255 e. The normalized spacial score (nSPS) is 9.55. The molecule has 0 spiro atoms. The lowest BCUT2D eigenvalue weighted by Crippen LogP contribution is -2.13. The van der Waals surface area contributed by atoms with Gasteiger partial charge in [0.2, 0.25) is 0 Å². The van der Waals surface area contributed by atoms with Crippen molar-refractivity contribution in [2.24, 2.45) is 0 Å². The summed E-state index contributed by atoms with van der Waals surface area (Å²) in [6.45, 7) is 3.93. The van der Waals surface area contributed by atoms with Gasteiger partial charge in [-0.05, 0) is 49.2 Å². The summed E-state index contributed by atoms with van der Waals surface area (Å²) < 4.78 is 5.25. The molecule has 106 valence electrons. The van der Waals surface area contributed by atoms with E-state index in [9.17, 15) is 4.79 Å². The van der Waals surface area contributed by atoms with Gasteiger partial charge in [0.25, 0.3) is 5.91 Å². The zero-order chi connectivity index (χ0) is 13.8. The molecular formula is C15H17ClN2O2. The van der Waals surface area contributed by atoms with Crippen molar-refractivity contribution in [1.29, 1.82) is 0 Å². The number of nitrogens with one attached hydrogen (secondary N) is 1. The van der Waals surface area contributed by atoms with Crippen molar-refractivity contribution in [3.05, 3.63) is 53.3 Å². The first-order chi connectivity index (χ1) is 9.13. The van der Waals surface area contributed by atoms with Crippen molar-refractivity contribution < 1.29 is 9.53 Å². The Morgan fingerprint density at radius 1 is 1.10 bits per heavy atom. The van der Waals surface area contributed by atoms with Crippen LogP contribution in [0.4, 0.5) is 5.69 Å². The average Bonchev–Trinajstić information content (AvgIpc) is 2.45. The average molecular weight is 293 g/mol. The number of hydrogen-bond acceptors (Lipinski definition) is 3. The highest BCUT2D eigenvalue weighted by molar-refractivity contribution is 6.04. The van der Waals surface area contributed by atoms with Crippen molar-refractivity contribution in [3.63, 3.8) is 0 Å². The Labute approximate surface area is 124 Å². The SMILES string of the molecule is COc1ccc(NC(=O)c2ccncc2)c(C)c1C.Cl. The van der Waals surface area contributed by atoms with Gasteiger partial charge in [-0.15, -0.1) is 12.4 Å². The van der Waals surface area contributed by atoms with E-state index >= 15 is 0 Å². The molecule has 0 saturated heterocycles. The van der Waals surface area contributed by atoms with Crippen molar-refractivity contribution in [2.45, 2.75) is 13.8 Å². The minimum Gasteiger partial charge on any atom is -0.496 e. The first-order valence-electron chi connectivity index (χ1n) is 5.99. The minimum atomic E-state index is -0.143. The summed E-state index contributed by atoms with van der Waals surface area (Å²) >= 11 is 0. The van der Waals surface area contributed by atoms with Crippen molar-refractivity contribution >= 4 is 24.0 Å². The molecule has 0 aliphatic rings. The fraction of sp³-hybridized carbons (Fsp3) is 0.200. The summed E-state index contributed by atoms with van der Waals surface area (Å²) in [5.41, 5.74) is 3.40. The second kappa shape index (κ2) is 6.91. The van der Waals surface area contributed by atoms with Crippen LogP contribution in [0.25, 0.3) is 0 Å². The number of anilines is 1. The Morgan fingerprint density at radius 2 is 1.75 bits per heavy atom. The van der Waals surface area contributed by atoms with E-state index < -0.39 is 0 Å². The van der Waals surface area contributed by atoms with Crippen LogP contribution < -0.4 is 10.1 Å². The van der Waals surface area contributed by atoms with Gasteiger partial charge in [-0.3, -0.25) is 9.78 Å². The monoisotopic (exact) mass is 292 g/mol. The number of ether oxygens (including phenoxy) is 1. The molecular weight excluding hydrogens is 276 g/mol. The van der Waals surface area contributed by atoms with Gasteiger partial charge < -0.3 is 10.1 Å². The van der Waals surface area contributed by atoms with E-state index in [0.717, 1.165) is 22.6 Å². The third-order valence-corrected chi connectivity index (χ3v) is 3.15. The number of rotatable bonds is 3. The number of amides is 1. The molecule has 1 N–H and O–H groups in total. The van der Waals surface area contributed by atoms with Gasteiger partial charge in [0.15, 0.2) is 0 Å². The first-order valence-corrected chi connectivity index (χ1v) is 5.99. The van der Waals surface area contributed by atoms with E-state index in [1.807, 2.05) is 26.0 Å². The van der Waals surface area contributed by atoms with E-state index in [4.69, 9.17) is 4.74 Å². The van der Waals surface area contributed by atoms with Gasteiger partial charge in [0.1, 0.15) is 5.75 Å². The highest BCUT2D eigenvalue weighted by atomic mass is 35.5. The molecule has 1 heterocycles. The number of pyridine rings is 1. The van der Waals surface area contributed by atoms with Crippen LogP contribution in [0.2, 0.25) is 0 Å². The number of aromatic nitrogens is 1. The molecule has 0 atom stereocenters. The molecule has 2 aromatic rings. The third kappa shape index (κ3) is 3.27. The zero-order valence-electron chi connectivity index (χ0n) is 11.6. The van der Waals surface area contributed by atoms with Gasteiger partial charge in [0.05, 0.1) is 7.11 Å². The second-order valence-corrected chi connectivity index (χ2v) is 4.26. The number of hydrogen-bond donors (Lipinski definition) is 1. The molecule has 5 heteroatoms. The summed E-state index contributed by atoms with van der Waals surface area (Å²) in [6, 6.07) is 7.06. The molecule has 0 fully saturated rings. The molecule has 20 heavy (non-hydrogen) atoms. The van der Waals surface area contributed by atoms with Crippen LogP contribution in [0.15, 0.2) is 36.7 Å². The fourth-order valence-electron chi connectivity index (χ4n) is 1.85. The Morgan fingerprint density at radius 3 is 2.35 bits per heavy atom. The van der Waals surface area contributed by atoms with E-state index in [1.54, 1.807) is 31.6 Å². The Balaban J connectivity index is 0.00000200. The highest BCUT2D eigenvalue weighted by Gasteiger charge is 2.10. The van der Waals surface area contributed by atoms with Gasteiger partial charge >= 0.3 is 0 Å². The van der Waals surface area contributed by atoms with Gasteiger partial charge in [0, 0.05) is 23.6 Å².